The first-order valence-corrected chi connectivity index (χ1v) is 31.3. The van der Waals surface area contributed by atoms with Crippen molar-refractivity contribution in [2.24, 2.45) is 17.8 Å². The Balaban J connectivity index is 0.0000640. The molecule has 1 N–H and O–H groups in total. The molecule has 0 aromatic carbocycles. The van der Waals surface area contributed by atoms with E-state index in [0.29, 0.717) is 76.2 Å². The van der Waals surface area contributed by atoms with Crippen LogP contribution in [0, 0.1) is 17.8 Å². The minimum Gasteiger partial charge on any atom is -0.465 e. The summed E-state index contributed by atoms with van der Waals surface area (Å²) in [5.74, 6) is -1.38. The number of likely N-dealkylation sites (tertiary alicyclic amines) is 1. The average Bonchev–Trinajstić information content (AvgIpc) is 3.93. The monoisotopic (exact) mass is 1130 g/mol. The minimum absolute atomic E-state index is 0. The van der Waals surface area contributed by atoms with E-state index in [9.17, 15) is 28.8 Å². The molecule has 0 aromatic rings. The Hall–Kier alpha value is -4.46. The van der Waals surface area contributed by atoms with E-state index in [4.69, 9.17) is 28.4 Å². The van der Waals surface area contributed by atoms with Gasteiger partial charge in [0.15, 0.2) is 0 Å². The molecule has 1 aliphatic rings. The fraction of sp³-hybridized carbons (Fsp3) is 0.788. The van der Waals surface area contributed by atoms with Gasteiger partial charge in [-0.05, 0) is 188 Å². The summed E-state index contributed by atoms with van der Waals surface area (Å²) in [6.45, 7) is 29.8. The number of allylic oxidation sites excluding steroid dienone is 4. The molecule has 1 fully saturated rings. The van der Waals surface area contributed by atoms with Gasteiger partial charge >= 0.3 is 35.9 Å². The van der Waals surface area contributed by atoms with Crippen LogP contribution in [0.5, 0.6) is 0 Å². The average molecular weight is 1130 g/mol. The van der Waals surface area contributed by atoms with E-state index < -0.39 is 47.2 Å². The van der Waals surface area contributed by atoms with Crippen molar-refractivity contribution < 1.29 is 58.6 Å². The van der Waals surface area contributed by atoms with Gasteiger partial charge in [0.2, 0.25) is 0 Å². The van der Waals surface area contributed by atoms with Gasteiger partial charge < -0.3 is 38.6 Å². The Labute approximate surface area is 487 Å². The van der Waals surface area contributed by atoms with Crippen molar-refractivity contribution in [3.05, 3.63) is 48.6 Å². The molecule has 1 heterocycles. The van der Waals surface area contributed by atoms with E-state index >= 15 is 0 Å². The largest absolute Gasteiger partial charge is 0.465 e. The third-order valence-corrected chi connectivity index (χ3v) is 15.2. The first-order chi connectivity index (χ1) is 38.2. The van der Waals surface area contributed by atoms with Gasteiger partial charge in [0.05, 0.1) is 5.92 Å². The lowest BCUT2D eigenvalue weighted by Gasteiger charge is -2.26. The highest BCUT2D eigenvalue weighted by atomic mass is 16.6. The molecule has 1 rings (SSSR count). The van der Waals surface area contributed by atoms with Crippen molar-refractivity contribution in [1.29, 1.82) is 0 Å². The fourth-order valence-electron chi connectivity index (χ4n) is 9.66. The van der Waals surface area contributed by atoms with Crippen LogP contribution in [0.1, 0.15) is 256 Å². The van der Waals surface area contributed by atoms with Crippen LogP contribution in [-0.2, 0) is 52.4 Å². The molecule has 80 heavy (non-hydrogen) atoms. The van der Waals surface area contributed by atoms with E-state index in [1.807, 2.05) is 13.8 Å². The van der Waals surface area contributed by atoms with Gasteiger partial charge in [-0.25, -0.2) is 4.79 Å². The van der Waals surface area contributed by atoms with Gasteiger partial charge in [-0.1, -0.05) is 109 Å². The van der Waals surface area contributed by atoms with Crippen LogP contribution in [0.2, 0.25) is 0 Å². The SMILES string of the molecule is C=CC(C)(CCCCC(C)CCC=C(C)C)OC(=O)CCCCCC(=O)OCC(COC(=O)CCCCCC(=O)OC(C)(C=C)CCCC(C)CCC=C(C)C)COC(=O)CCC(CCCCCC)OC(=O)NCCN1CCCC1.[HH]. The standard InChI is InChI=1S/C66H114N2O12.H2/c1-12-15-16-19-37-58(78-64(74)67-46-49-68-47-26-27-48-68)42-43-61(71)77-52-57(51-76-60(70)39-21-18-23-41-63(73)80-66(11,14-3)45-30-36-56(9)35-29-32-54(6)7)50-75-59(69)38-20-17-22-40-62(72)79-65(10,13-2)44-25-24-33-55(8)34-28-31-53(4)5;/h13-14,31-32,55-58H,2-3,12,15-30,33-52H2,1,4-11H3,(H,67,74);1H. The Kier molecular flexibility index (Phi) is 41.5. The highest BCUT2D eigenvalue weighted by Crippen LogP contribution is 2.26. The summed E-state index contributed by atoms with van der Waals surface area (Å²) < 4.78 is 34.4. The molecule has 462 valence electrons. The molecule has 1 amide bonds. The number of nitrogens with zero attached hydrogens (tertiary/aromatic N) is 1. The fourth-order valence-corrected chi connectivity index (χ4v) is 9.66. The number of esters is 5. The molecular formula is C66H116N2O12. The second kappa shape index (κ2) is 45.1. The van der Waals surface area contributed by atoms with Gasteiger partial charge in [0, 0.05) is 46.6 Å². The summed E-state index contributed by atoms with van der Waals surface area (Å²) in [6.07, 6.45) is 29.5. The third kappa shape index (κ3) is 40.7. The van der Waals surface area contributed by atoms with Crippen LogP contribution >= 0.6 is 0 Å². The maximum Gasteiger partial charge on any atom is 0.407 e. The number of unbranched alkanes of at least 4 members (excludes halogenated alkanes) is 8. The summed E-state index contributed by atoms with van der Waals surface area (Å²) >= 11 is 0. The first kappa shape index (κ1) is 73.6. The van der Waals surface area contributed by atoms with Crippen LogP contribution in [0.4, 0.5) is 4.79 Å². The molecule has 0 aliphatic carbocycles. The number of nitrogens with one attached hydrogen (secondary N) is 1. The number of hydrogen-bond donors (Lipinski definition) is 1. The quantitative estimate of drug-likeness (QED) is 0.0264. The molecule has 1 saturated heterocycles. The van der Waals surface area contributed by atoms with E-state index in [1.54, 1.807) is 12.2 Å². The van der Waals surface area contributed by atoms with Crippen molar-refractivity contribution in [2.75, 3.05) is 46.0 Å². The Morgan fingerprint density at radius 1 is 0.550 bits per heavy atom. The maximum atomic E-state index is 13.2. The van der Waals surface area contributed by atoms with Crippen molar-refractivity contribution in [3.8, 4) is 0 Å². The normalized spacial score (nSPS) is 15.4. The summed E-state index contributed by atoms with van der Waals surface area (Å²) in [7, 11) is 0. The molecule has 0 bridgehead atoms. The van der Waals surface area contributed by atoms with Gasteiger partial charge in [-0.2, -0.15) is 0 Å². The molecular weight excluding hydrogens is 1010 g/mol. The number of carbonyl (C=O) groups excluding carboxylic acids is 6. The number of carbonyl (C=O) groups is 6. The highest BCUT2D eigenvalue weighted by molar-refractivity contribution is 5.72. The number of ether oxygens (including phenoxy) is 6. The van der Waals surface area contributed by atoms with E-state index in [0.717, 1.165) is 103 Å². The lowest BCUT2D eigenvalue weighted by molar-refractivity contribution is -0.155. The zero-order chi connectivity index (χ0) is 59.4. The second-order valence-electron chi connectivity index (χ2n) is 24.0. The first-order valence-electron chi connectivity index (χ1n) is 31.3. The Bertz CT molecular complexity index is 1820. The number of rotatable bonds is 49. The summed E-state index contributed by atoms with van der Waals surface area (Å²) in [5, 5.41) is 2.86. The van der Waals surface area contributed by atoms with E-state index in [2.05, 4.69) is 84.0 Å². The zero-order valence-electron chi connectivity index (χ0n) is 52.0. The number of hydrogen-bond acceptors (Lipinski definition) is 13. The molecule has 0 saturated carbocycles. The predicted molar refractivity (Wildman–Crippen MR) is 324 cm³/mol. The van der Waals surface area contributed by atoms with Gasteiger partial charge in [0.25, 0.3) is 0 Å². The third-order valence-electron chi connectivity index (χ3n) is 15.2. The van der Waals surface area contributed by atoms with Crippen molar-refractivity contribution in [1.82, 2.24) is 10.2 Å². The summed E-state index contributed by atoms with van der Waals surface area (Å²) in [4.78, 5) is 79.8. The molecule has 0 radical (unpaired) electrons. The molecule has 0 spiro atoms. The van der Waals surface area contributed by atoms with Crippen LogP contribution in [-0.4, -0.2) is 104 Å². The molecule has 6 atom stereocenters. The number of alkyl carbamates (subject to hydrolysis) is 1. The van der Waals surface area contributed by atoms with Gasteiger partial charge in [0.1, 0.15) is 37.1 Å². The van der Waals surface area contributed by atoms with Crippen LogP contribution in [0.25, 0.3) is 0 Å². The van der Waals surface area contributed by atoms with Gasteiger partial charge in [-0.3, -0.25) is 24.0 Å². The molecule has 14 nitrogen and oxygen atoms in total. The lowest BCUT2D eigenvalue weighted by atomic mass is 9.93. The predicted octanol–water partition coefficient (Wildman–Crippen LogP) is 15.8. The highest BCUT2D eigenvalue weighted by Gasteiger charge is 2.27. The van der Waals surface area contributed by atoms with Crippen LogP contribution in [0.3, 0.4) is 0 Å². The van der Waals surface area contributed by atoms with Crippen molar-refractivity contribution in [2.45, 2.75) is 272 Å². The molecule has 1 aliphatic heterocycles. The van der Waals surface area contributed by atoms with Crippen molar-refractivity contribution in [3.63, 3.8) is 0 Å². The summed E-state index contributed by atoms with van der Waals surface area (Å²) in [6, 6.07) is 0. The van der Waals surface area contributed by atoms with Crippen LogP contribution in [0.15, 0.2) is 48.6 Å². The topological polar surface area (TPSA) is 173 Å². The van der Waals surface area contributed by atoms with E-state index in [1.165, 1.54) is 30.4 Å². The van der Waals surface area contributed by atoms with Crippen LogP contribution < -0.4 is 5.32 Å². The van der Waals surface area contributed by atoms with E-state index in [-0.39, 0.29) is 65.3 Å². The Morgan fingerprint density at radius 2 is 0.988 bits per heavy atom. The lowest BCUT2D eigenvalue weighted by Crippen LogP contribution is -2.35. The zero-order valence-corrected chi connectivity index (χ0v) is 52.0. The smallest absolute Gasteiger partial charge is 0.407 e. The Morgan fingerprint density at radius 3 is 1.46 bits per heavy atom. The van der Waals surface area contributed by atoms with Crippen molar-refractivity contribution >= 4 is 35.9 Å². The molecule has 6 unspecified atom stereocenters. The molecule has 14 heteroatoms. The summed E-state index contributed by atoms with van der Waals surface area (Å²) in [5.41, 5.74) is 1.23. The maximum absolute atomic E-state index is 13.2. The molecule has 0 aromatic heterocycles. The minimum atomic E-state index is -0.731. The number of amides is 1. The van der Waals surface area contributed by atoms with Gasteiger partial charge in [-0.15, -0.1) is 0 Å². The second-order valence-corrected chi connectivity index (χ2v) is 24.0.